The lowest BCUT2D eigenvalue weighted by Gasteiger charge is -2.37. The lowest BCUT2D eigenvalue weighted by molar-refractivity contribution is -0.125. The number of amides is 3. The molecular weight excluding hydrogens is 316 g/mol. The molecule has 136 valence electrons. The molecule has 3 amide bonds. The van der Waals surface area contributed by atoms with Gasteiger partial charge in [0, 0.05) is 38.8 Å². The van der Waals surface area contributed by atoms with Gasteiger partial charge in [-0.15, -0.1) is 0 Å². The van der Waals surface area contributed by atoms with Crippen LogP contribution in [0, 0.1) is 6.92 Å². The molecule has 2 fully saturated rings. The third-order valence-corrected chi connectivity index (χ3v) is 5.14. The topological polar surface area (TPSA) is 64.7 Å². The van der Waals surface area contributed by atoms with Gasteiger partial charge >= 0.3 is 6.03 Å². The van der Waals surface area contributed by atoms with Crippen LogP contribution in [0.5, 0.6) is 0 Å². The molecule has 6 heteroatoms. The highest BCUT2D eigenvalue weighted by Gasteiger charge is 2.28. The van der Waals surface area contributed by atoms with Crippen LogP contribution in [0.1, 0.15) is 30.9 Å². The number of nitrogens with zero attached hydrogens (tertiary/aromatic N) is 2. The fraction of sp³-hybridized carbons (Fsp3) is 0.579. The Morgan fingerprint density at radius 2 is 1.84 bits per heavy atom. The maximum absolute atomic E-state index is 12.2. The second kappa shape index (κ2) is 7.97. The molecular formula is C19H28N4O2. The molecule has 1 saturated heterocycles. The van der Waals surface area contributed by atoms with E-state index in [4.69, 9.17) is 0 Å². The summed E-state index contributed by atoms with van der Waals surface area (Å²) >= 11 is 0. The van der Waals surface area contributed by atoms with Crippen molar-refractivity contribution in [3.8, 4) is 0 Å². The Kier molecular flexibility index (Phi) is 5.71. The largest absolute Gasteiger partial charge is 0.335 e. The molecule has 1 aliphatic heterocycles. The molecule has 3 rings (SSSR count). The number of rotatable bonds is 5. The number of hydrogen-bond acceptors (Lipinski definition) is 4. The number of nitrogens with one attached hydrogen (secondary N) is 2. The van der Waals surface area contributed by atoms with Crippen molar-refractivity contribution < 1.29 is 9.59 Å². The maximum Gasteiger partial charge on any atom is 0.321 e. The zero-order chi connectivity index (χ0) is 17.8. The van der Waals surface area contributed by atoms with Crippen molar-refractivity contribution in [3.05, 3.63) is 35.4 Å². The predicted octanol–water partition coefficient (Wildman–Crippen LogP) is 1.49. The minimum absolute atomic E-state index is 0.217. The van der Waals surface area contributed by atoms with Gasteiger partial charge in [-0.2, -0.15) is 0 Å². The first-order chi connectivity index (χ1) is 12.0. The van der Waals surface area contributed by atoms with Crippen LogP contribution in [0.4, 0.5) is 4.79 Å². The van der Waals surface area contributed by atoms with E-state index in [-0.39, 0.29) is 24.0 Å². The van der Waals surface area contributed by atoms with Crippen LogP contribution in [0.3, 0.4) is 0 Å². The van der Waals surface area contributed by atoms with Gasteiger partial charge < -0.3 is 5.32 Å². The Hall–Kier alpha value is -1.92. The molecule has 1 aliphatic carbocycles. The third-order valence-electron chi connectivity index (χ3n) is 5.14. The Balaban J connectivity index is 1.43. The fourth-order valence-corrected chi connectivity index (χ4v) is 3.17. The Morgan fingerprint density at radius 1 is 1.16 bits per heavy atom. The summed E-state index contributed by atoms with van der Waals surface area (Å²) in [6, 6.07) is 8.07. The third kappa shape index (κ3) is 5.03. The van der Waals surface area contributed by atoms with E-state index in [0.717, 1.165) is 45.6 Å². The van der Waals surface area contributed by atoms with Gasteiger partial charge in [0.05, 0.1) is 6.04 Å². The number of carbonyl (C=O) groups is 2. The highest BCUT2D eigenvalue weighted by molar-refractivity contribution is 5.97. The molecule has 0 aromatic heterocycles. The van der Waals surface area contributed by atoms with E-state index >= 15 is 0 Å². The van der Waals surface area contributed by atoms with Crippen LogP contribution in [-0.2, 0) is 11.3 Å². The number of hydrogen-bond donors (Lipinski definition) is 2. The van der Waals surface area contributed by atoms with E-state index in [0.29, 0.717) is 0 Å². The van der Waals surface area contributed by atoms with Gasteiger partial charge in [0.25, 0.3) is 0 Å². The smallest absolute Gasteiger partial charge is 0.321 e. The Labute approximate surface area is 149 Å². The van der Waals surface area contributed by atoms with Gasteiger partial charge in [-0.1, -0.05) is 24.3 Å². The molecule has 0 unspecified atom stereocenters. The number of aryl methyl sites for hydroxylation is 1. The van der Waals surface area contributed by atoms with E-state index < -0.39 is 0 Å². The second-order valence-corrected chi connectivity index (χ2v) is 7.15. The number of carbonyl (C=O) groups excluding carboxylic acids is 2. The quantitative estimate of drug-likeness (QED) is 0.849. The van der Waals surface area contributed by atoms with Gasteiger partial charge in [-0.05, 0) is 37.8 Å². The van der Waals surface area contributed by atoms with E-state index in [1.807, 2.05) is 6.92 Å². The summed E-state index contributed by atoms with van der Waals surface area (Å²) in [4.78, 5) is 28.5. The first-order valence-corrected chi connectivity index (χ1v) is 9.15. The highest BCUT2D eigenvalue weighted by atomic mass is 16.2. The monoisotopic (exact) mass is 344 g/mol. The van der Waals surface area contributed by atoms with Crippen molar-refractivity contribution in [1.82, 2.24) is 20.4 Å². The van der Waals surface area contributed by atoms with Crippen molar-refractivity contribution in [2.24, 2.45) is 0 Å². The minimum atomic E-state index is -0.363. The first kappa shape index (κ1) is 17.9. The van der Waals surface area contributed by atoms with E-state index in [2.05, 4.69) is 51.6 Å². The number of piperazine rings is 1. The average Bonchev–Trinajstić information content (AvgIpc) is 3.40. The first-order valence-electron chi connectivity index (χ1n) is 9.15. The summed E-state index contributed by atoms with van der Waals surface area (Å²) in [7, 11) is 0. The fourth-order valence-electron chi connectivity index (χ4n) is 3.17. The zero-order valence-electron chi connectivity index (χ0n) is 15.1. The molecule has 0 bridgehead atoms. The van der Waals surface area contributed by atoms with E-state index in [9.17, 15) is 9.59 Å². The molecule has 0 radical (unpaired) electrons. The normalized spacial score (nSPS) is 20.1. The molecule has 0 spiro atoms. The van der Waals surface area contributed by atoms with Gasteiger partial charge in [-0.25, -0.2) is 4.79 Å². The van der Waals surface area contributed by atoms with Gasteiger partial charge in [-0.3, -0.25) is 19.9 Å². The van der Waals surface area contributed by atoms with Crippen LogP contribution in [-0.4, -0.2) is 60.0 Å². The predicted molar refractivity (Wildman–Crippen MR) is 97.2 cm³/mol. The molecule has 6 nitrogen and oxygen atoms in total. The molecule has 1 aromatic rings. The van der Waals surface area contributed by atoms with Gasteiger partial charge in [0.2, 0.25) is 5.91 Å². The summed E-state index contributed by atoms with van der Waals surface area (Å²) in [6.07, 6.45) is 2.03. The van der Waals surface area contributed by atoms with Gasteiger partial charge in [0.15, 0.2) is 0 Å². The van der Waals surface area contributed by atoms with Crippen molar-refractivity contribution in [1.29, 1.82) is 0 Å². The van der Waals surface area contributed by atoms with Gasteiger partial charge in [0.1, 0.15) is 0 Å². The Morgan fingerprint density at radius 3 is 2.48 bits per heavy atom. The Bertz CT molecular complexity index is 622. The number of imide groups is 1. The maximum atomic E-state index is 12.2. The number of benzene rings is 1. The molecule has 1 heterocycles. The molecule has 1 saturated carbocycles. The molecule has 1 aromatic carbocycles. The van der Waals surface area contributed by atoms with Crippen LogP contribution in [0.15, 0.2) is 24.3 Å². The molecule has 2 aliphatic rings. The van der Waals surface area contributed by atoms with Crippen molar-refractivity contribution >= 4 is 11.9 Å². The van der Waals surface area contributed by atoms with Crippen LogP contribution in [0.2, 0.25) is 0 Å². The second-order valence-electron chi connectivity index (χ2n) is 7.15. The molecule has 1 atom stereocenters. The summed E-state index contributed by atoms with van der Waals surface area (Å²) in [5, 5.41) is 5.25. The van der Waals surface area contributed by atoms with Crippen LogP contribution in [0.25, 0.3) is 0 Å². The van der Waals surface area contributed by atoms with Crippen molar-refractivity contribution in [2.75, 3.05) is 26.2 Å². The van der Waals surface area contributed by atoms with Crippen LogP contribution >= 0.6 is 0 Å². The molecule has 2 N–H and O–H groups in total. The lowest BCUT2D eigenvalue weighted by Crippen LogP contribution is -2.55. The summed E-state index contributed by atoms with van der Waals surface area (Å²) < 4.78 is 0. The summed E-state index contributed by atoms with van der Waals surface area (Å²) in [5.74, 6) is -0.217. The lowest BCUT2D eigenvalue weighted by atomic mass is 10.1. The highest BCUT2D eigenvalue weighted by Crippen LogP contribution is 2.18. The van der Waals surface area contributed by atoms with Crippen molar-refractivity contribution in [2.45, 2.75) is 45.3 Å². The molecule has 25 heavy (non-hydrogen) atoms. The minimum Gasteiger partial charge on any atom is -0.335 e. The summed E-state index contributed by atoms with van der Waals surface area (Å²) in [5.41, 5.74) is 2.68. The van der Waals surface area contributed by atoms with E-state index in [1.165, 1.54) is 11.1 Å². The van der Waals surface area contributed by atoms with Crippen molar-refractivity contribution in [3.63, 3.8) is 0 Å². The number of urea groups is 1. The standard InChI is InChI=1S/C19H28N4O2/c1-14-5-3-4-6-16(14)13-22-9-11-23(12-10-22)15(2)18(24)21-19(25)20-17-7-8-17/h3-6,15,17H,7-13H2,1-2H3,(H2,20,21,24,25)/t15-/m1/s1. The van der Waals surface area contributed by atoms with E-state index in [1.54, 1.807) is 0 Å². The van der Waals surface area contributed by atoms with Crippen LogP contribution < -0.4 is 10.6 Å². The average molecular weight is 344 g/mol. The zero-order valence-corrected chi connectivity index (χ0v) is 15.1. The summed E-state index contributed by atoms with van der Waals surface area (Å²) in [6.45, 7) is 8.50. The SMILES string of the molecule is Cc1ccccc1CN1CCN([C@H](C)C(=O)NC(=O)NC2CC2)CC1.